The van der Waals surface area contributed by atoms with Crippen LogP contribution in [0.5, 0.6) is 0 Å². The molecule has 0 bridgehead atoms. The standard InChI is InChI=1S/C32H41N3O4S/c1-7-26(6)33-32(37)29(8-2)34(21-27-12-10-9-11-13-27)31(36)22-35(30-20-24(4)14-17-25(30)5)40(38,39)28-18-15-23(3)16-19-28/h9-20,26,29H,7-8,21-22H2,1-6H3,(H,33,37)/t26-,29-/m0/s1. The molecule has 0 aliphatic carbocycles. The highest BCUT2D eigenvalue weighted by atomic mass is 32.2. The fourth-order valence-electron chi connectivity index (χ4n) is 4.48. The van der Waals surface area contributed by atoms with Crippen molar-refractivity contribution < 1.29 is 18.0 Å². The van der Waals surface area contributed by atoms with Gasteiger partial charge in [0.05, 0.1) is 10.6 Å². The summed E-state index contributed by atoms with van der Waals surface area (Å²) in [6, 6.07) is 20.8. The van der Waals surface area contributed by atoms with E-state index in [1.807, 2.05) is 84.0 Å². The lowest BCUT2D eigenvalue weighted by atomic mass is 10.1. The Kier molecular flexibility index (Phi) is 10.5. The van der Waals surface area contributed by atoms with Gasteiger partial charge in [-0.15, -0.1) is 0 Å². The Morgan fingerprint density at radius 2 is 1.48 bits per heavy atom. The number of benzene rings is 3. The quantitative estimate of drug-likeness (QED) is 0.314. The molecule has 3 rings (SSSR count). The lowest BCUT2D eigenvalue weighted by Gasteiger charge is -2.34. The summed E-state index contributed by atoms with van der Waals surface area (Å²) in [5.41, 5.74) is 3.82. The minimum Gasteiger partial charge on any atom is -0.352 e. The van der Waals surface area contributed by atoms with Crippen molar-refractivity contribution in [2.24, 2.45) is 0 Å². The Labute approximate surface area is 239 Å². The van der Waals surface area contributed by atoms with Crippen molar-refractivity contribution in [3.8, 4) is 0 Å². The summed E-state index contributed by atoms with van der Waals surface area (Å²) < 4.78 is 29.3. The van der Waals surface area contributed by atoms with Crippen molar-refractivity contribution in [1.29, 1.82) is 0 Å². The molecule has 0 heterocycles. The van der Waals surface area contributed by atoms with Crippen LogP contribution in [-0.2, 0) is 26.2 Å². The van der Waals surface area contributed by atoms with E-state index in [1.54, 1.807) is 30.3 Å². The van der Waals surface area contributed by atoms with Crippen molar-refractivity contribution in [3.63, 3.8) is 0 Å². The number of anilines is 1. The first-order chi connectivity index (χ1) is 19.0. The van der Waals surface area contributed by atoms with Gasteiger partial charge in [0.2, 0.25) is 11.8 Å². The van der Waals surface area contributed by atoms with Crippen molar-refractivity contribution in [1.82, 2.24) is 10.2 Å². The molecule has 214 valence electrons. The minimum atomic E-state index is -4.10. The number of amides is 2. The van der Waals surface area contributed by atoms with Gasteiger partial charge in [0, 0.05) is 12.6 Å². The lowest BCUT2D eigenvalue weighted by molar-refractivity contribution is -0.140. The number of carbonyl (C=O) groups excluding carboxylic acids is 2. The van der Waals surface area contributed by atoms with Gasteiger partial charge < -0.3 is 10.2 Å². The Balaban J connectivity index is 2.09. The third kappa shape index (κ3) is 7.50. The first-order valence-electron chi connectivity index (χ1n) is 13.8. The van der Waals surface area contributed by atoms with Crippen molar-refractivity contribution in [2.45, 2.75) is 77.9 Å². The average Bonchev–Trinajstić information content (AvgIpc) is 2.93. The SMILES string of the molecule is CC[C@H](C)NC(=O)[C@H](CC)N(Cc1ccccc1)C(=O)CN(c1cc(C)ccc1C)S(=O)(=O)c1ccc(C)cc1. The van der Waals surface area contributed by atoms with Crippen LogP contribution in [0.3, 0.4) is 0 Å². The van der Waals surface area contributed by atoms with Crippen LogP contribution in [0, 0.1) is 20.8 Å². The van der Waals surface area contributed by atoms with Crippen LogP contribution >= 0.6 is 0 Å². The highest BCUT2D eigenvalue weighted by Gasteiger charge is 2.34. The molecule has 0 radical (unpaired) electrons. The van der Waals surface area contributed by atoms with E-state index in [4.69, 9.17) is 0 Å². The van der Waals surface area contributed by atoms with Crippen LogP contribution in [-0.4, -0.2) is 43.8 Å². The van der Waals surface area contributed by atoms with Crippen LogP contribution in [0.4, 0.5) is 5.69 Å². The number of nitrogens with zero attached hydrogens (tertiary/aromatic N) is 2. The molecule has 7 nitrogen and oxygen atoms in total. The topological polar surface area (TPSA) is 86.8 Å². The predicted molar refractivity (Wildman–Crippen MR) is 161 cm³/mol. The average molecular weight is 564 g/mol. The zero-order valence-electron chi connectivity index (χ0n) is 24.3. The number of hydrogen-bond acceptors (Lipinski definition) is 4. The molecule has 40 heavy (non-hydrogen) atoms. The van der Waals surface area contributed by atoms with E-state index in [0.717, 1.165) is 28.7 Å². The van der Waals surface area contributed by atoms with Crippen molar-refractivity contribution >= 4 is 27.5 Å². The highest BCUT2D eigenvalue weighted by molar-refractivity contribution is 7.92. The van der Waals surface area contributed by atoms with Gasteiger partial charge >= 0.3 is 0 Å². The molecule has 0 aliphatic rings. The number of aryl methyl sites for hydroxylation is 3. The van der Waals surface area contributed by atoms with Crippen molar-refractivity contribution in [2.75, 3.05) is 10.8 Å². The molecule has 0 unspecified atom stereocenters. The summed E-state index contributed by atoms with van der Waals surface area (Å²) in [7, 11) is -4.10. The molecule has 1 N–H and O–H groups in total. The van der Waals surface area contributed by atoms with Gasteiger partial charge in [0.15, 0.2) is 0 Å². The molecule has 8 heteroatoms. The van der Waals surface area contributed by atoms with Crippen LogP contribution in [0.1, 0.15) is 55.9 Å². The molecule has 0 aromatic heterocycles. The molecular formula is C32H41N3O4S. The second kappa shape index (κ2) is 13.6. The minimum absolute atomic E-state index is 0.0522. The second-order valence-corrected chi connectivity index (χ2v) is 12.2. The highest BCUT2D eigenvalue weighted by Crippen LogP contribution is 2.29. The normalized spacial score (nSPS) is 12.8. The smallest absolute Gasteiger partial charge is 0.264 e. The monoisotopic (exact) mass is 563 g/mol. The largest absolute Gasteiger partial charge is 0.352 e. The Hall–Kier alpha value is -3.65. The van der Waals surface area contributed by atoms with E-state index in [2.05, 4.69) is 5.32 Å². The summed E-state index contributed by atoms with van der Waals surface area (Å²) in [6.07, 6.45) is 1.14. The van der Waals surface area contributed by atoms with E-state index in [9.17, 15) is 18.0 Å². The van der Waals surface area contributed by atoms with Gasteiger partial charge in [0.1, 0.15) is 12.6 Å². The maximum Gasteiger partial charge on any atom is 0.264 e. The molecular weight excluding hydrogens is 522 g/mol. The van der Waals surface area contributed by atoms with Crippen LogP contribution in [0.2, 0.25) is 0 Å². The maximum absolute atomic E-state index is 14.2. The molecule has 0 spiro atoms. The summed E-state index contributed by atoms with van der Waals surface area (Å²) in [6.45, 7) is 11.1. The van der Waals surface area contributed by atoms with E-state index in [0.29, 0.717) is 12.1 Å². The third-order valence-electron chi connectivity index (χ3n) is 7.10. The summed E-state index contributed by atoms with van der Waals surface area (Å²) in [4.78, 5) is 29.1. The summed E-state index contributed by atoms with van der Waals surface area (Å²) in [5, 5.41) is 3.00. The second-order valence-electron chi connectivity index (χ2n) is 10.4. The number of hydrogen-bond donors (Lipinski definition) is 1. The summed E-state index contributed by atoms with van der Waals surface area (Å²) >= 11 is 0. The Morgan fingerprint density at radius 3 is 2.08 bits per heavy atom. The van der Waals surface area contributed by atoms with Crippen LogP contribution in [0.25, 0.3) is 0 Å². The molecule has 0 saturated carbocycles. The molecule has 2 atom stereocenters. The van der Waals surface area contributed by atoms with Gasteiger partial charge in [-0.1, -0.05) is 74.0 Å². The molecule has 3 aromatic rings. The van der Waals surface area contributed by atoms with Gasteiger partial charge in [-0.2, -0.15) is 0 Å². The lowest BCUT2D eigenvalue weighted by Crippen LogP contribution is -2.53. The number of carbonyl (C=O) groups is 2. The first-order valence-corrected chi connectivity index (χ1v) is 15.2. The third-order valence-corrected chi connectivity index (χ3v) is 8.88. The van der Waals surface area contributed by atoms with Crippen LogP contribution in [0.15, 0.2) is 77.7 Å². The van der Waals surface area contributed by atoms with E-state index >= 15 is 0 Å². The number of rotatable bonds is 12. The van der Waals surface area contributed by atoms with Crippen molar-refractivity contribution in [3.05, 3.63) is 95.1 Å². The molecule has 0 aliphatic heterocycles. The number of sulfonamides is 1. The number of nitrogens with one attached hydrogen (secondary N) is 1. The van der Waals surface area contributed by atoms with Gasteiger partial charge in [-0.3, -0.25) is 13.9 Å². The zero-order chi connectivity index (χ0) is 29.4. The molecule has 0 saturated heterocycles. The van der Waals surface area contributed by atoms with E-state index in [1.165, 1.54) is 9.21 Å². The zero-order valence-corrected chi connectivity index (χ0v) is 25.2. The van der Waals surface area contributed by atoms with Gasteiger partial charge in [-0.05, 0) is 75.4 Å². The first kappa shape index (κ1) is 30.9. The predicted octanol–water partition coefficient (Wildman–Crippen LogP) is 5.53. The Bertz CT molecular complexity index is 1410. The van der Waals surface area contributed by atoms with E-state index in [-0.39, 0.29) is 23.4 Å². The van der Waals surface area contributed by atoms with Crippen LogP contribution < -0.4 is 9.62 Å². The summed E-state index contributed by atoms with van der Waals surface area (Å²) in [5.74, 6) is -0.701. The van der Waals surface area contributed by atoms with Gasteiger partial charge in [0.25, 0.3) is 10.0 Å². The maximum atomic E-state index is 14.2. The van der Waals surface area contributed by atoms with Gasteiger partial charge in [-0.25, -0.2) is 8.42 Å². The van der Waals surface area contributed by atoms with E-state index < -0.39 is 28.5 Å². The molecule has 2 amide bonds. The molecule has 0 fully saturated rings. The Morgan fingerprint density at radius 1 is 0.850 bits per heavy atom. The molecule has 3 aromatic carbocycles. The fraction of sp³-hybridized carbons (Fsp3) is 0.375. The fourth-order valence-corrected chi connectivity index (χ4v) is 5.95.